The summed E-state index contributed by atoms with van der Waals surface area (Å²) in [5.41, 5.74) is 1.31. The lowest BCUT2D eigenvalue weighted by molar-refractivity contribution is 0.565. The molecule has 12 heavy (non-hydrogen) atoms. The number of pyridine rings is 1. The van der Waals surface area contributed by atoms with E-state index in [-0.39, 0.29) is 0 Å². The Morgan fingerprint density at radius 3 is 3.33 bits per heavy atom. The molecule has 0 amide bonds. The van der Waals surface area contributed by atoms with E-state index in [4.69, 9.17) is 0 Å². The van der Waals surface area contributed by atoms with Gasteiger partial charge in [-0.05, 0) is 12.1 Å². The van der Waals surface area contributed by atoms with Gasteiger partial charge in [0.1, 0.15) is 11.3 Å². The lowest BCUT2D eigenvalue weighted by Crippen LogP contribution is -1.71. The molecule has 4 heteroatoms. The molecule has 0 spiro atoms. The van der Waals surface area contributed by atoms with Gasteiger partial charge in [-0.15, -0.1) is 0 Å². The number of isocyanates is 1. The topological polar surface area (TPSA) is 58.1 Å². The molecule has 0 aromatic carbocycles. The number of fused-ring (bicyclic) bond motifs is 1. The van der Waals surface area contributed by atoms with Crippen LogP contribution < -0.4 is 0 Å². The average molecular weight is 159 g/mol. The number of aromatic nitrogens is 2. The van der Waals surface area contributed by atoms with Crippen LogP contribution in [0.25, 0.3) is 11.0 Å². The molecule has 4 nitrogen and oxygen atoms in total. The van der Waals surface area contributed by atoms with Crippen molar-refractivity contribution in [3.8, 4) is 0 Å². The highest BCUT2D eigenvalue weighted by Gasteiger charge is 2.00. The maximum Gasteiger partial charge on any atom is 0.240 e. The molecule has 0 saturated heterocycles. The summed E-state index contributed by atoms with van der Waals surface area (Å²) in [6.07, 6.45) is 4.79. The molecule has 0 aliphatic carbocycles. The first-order chi connectivity index (χ1) is 5.92. The predicted octanol–water partition coefficient (Wildman–Crippen LogP) is 1.53. The fourth-order valence-corrected chi connectivity index (χ4v) is 1.08. The Labute approximate surface area is 68.0 Å². The second kappa shape index (κ2) is 2.60. The molecule has 0 bridgehead atoms. The molecule has 0 unspecified atom stereocenters. The van der Waals surface area contributed by atoms with Crippen LogP contribution in [0, 0.1) is 0 Å². The minimum Gasteiger partial charge on any atom is -0.344 e. The minimum atomic E-state index is 0.577. The number of H-pyrrole nitrogens is 1. The number of nitrogens with one attached hydrogen (secondary N) is 1. The summed E-state index contributed by atoms with van der Waals surface area (Å²) >= 11 is 0. The zero-order chi connectivity index (χ0) is 8.39. The van der Waals surface area contributed by atoms with E-state index in [1.54, 1.807) is 18.5 Å². The van der Waals surface area contributed by atoms with Crippen LogP contribution in [0.1, 0.15) is 0 Å². The highest BCUT2D eigenvalue weighted by molar-refractivity contribution is 5.88. The lowest BCUT2D eigenvalue weighted by atomic mass is 10.3. The summed E-state index contributed by atoms with van der Waals surface area (Å²) in [5, 5.41) is 0.834. The van der Waals surface area contributed by atoms with E-state index in [0.717, 1.165) is 11.0 Å². The SMILES string of the molecule is O=C=Nc1c[nH]c2ncccc12. The molecule has 2 rings (SSSR count). The van der Waals surface area contributed by atoms with Gasteiger partial charge in [-0.2, -0.15) is 4.99 Å². The monoisotopic (exact) mass is 159 g/mol. The Morgan fingerprint density at radius 1 is 1.58 bits per heavy atom. The molecule has 2 aromatic heterocycles. The van der Waals surface area contributed by atoms with Crippen LogP contribution in [0.2, 0.25) is 0 Å². The maximum absolute atomic E-state index is 9.99. The van der Waals surface area contributed by atoms with Crippen LogP contribution in [-0.2, 0) is 4.79 Å². The highest BCUT2D eigenvalue weighted by Crippen LogP contribution is 2.22. The van der Waals surface area contributed by atoms with Gasteiger partial charge in [0.05, 0.1) is 0 Å². The first kappa shape index (κ1) is 6.76. The summed E-state index contributed by atoms with van der Waals surface area (Å²) in [6.45, 7) is 0. The van der Waals surface area contributed by atoms with E-state index >= 15 is 0 Å². The van der Waals surface area contributed by atoms with Gasteiger partial charge in [0.25, 0.3) is 0 Å². The first-order valence-corrected chi connectivity index (χ1v) is 3.42. The normalized spacial score (nSPS) is 9.67. The van der Waals surface area contributed by atoms with Gasteiger partial charge in [-0.3, -0.25) is 0 Å². The van der Waals surface area contributed by atoms with Crippen LogP contribution in [0.15, 0.2) is 29.5 Å². The van der Waals surface area contributed by atoms with Crippen molar-refractivity contribution in [1.29, 1.82) is 0 Å². The molecule has 0 saturated carbocycles. The van der Waals surface area contributed by atoms with Crippen molar-refractivity contribution in [3.05, 3.63) is 24.5 Å². The van der Waals surface area contributed by atoms with Crippen LogP contribution >= 0.6 is 0 Å². The third kappa shape index (κ3) is 0.909. The maximum atomic E-state index is 9.99. The molecule has 2 aromatic rings. The van der Waals surface area contributed by atoms with E-state index in [1.165, 1.54) is 6.08 Å². The Kier molecular flexibility index (Phi) is 1.47. The fraction of sp³-hybridized carbons (Fsp3) is 0. The van der Waals surface area contributed by atoms with Gasteiger partial charge in [0.15, 0.2) is 0 Å². The zero-order valence-electron chi connectivity index (χ0n) is 6.11. The molecule has 0 aliphatic heterocycles. The minimum absolute atomic E-state index is 0.577. The average Bonchev–Trinajstić information content (AvgIpc) is 2.50. The second-order valence-electron chi connectivity index (χ2n) is 2.28. The van der Waals surface area contributed by atoms with Gasteiger partial charge in [-0.25, -0.2) is 9.78 Å². The number of nitrogens with zero attached hydrogens (tertiary/aromatic N) is 2. The van der Waals surface area contributed by atoms with Crippen LogP contribution in [0.5, 0.6) is 0 Å². The van der Waals surface area contributed by atoms with Crippen molar-refractivity contribution < 1.29 is 4.79 Å². The molecule has 2 heterocycles. The molecule has 0 atom stereocenters. The fourth-order valence-electron chi connectivity index (χ4n) is 1.08. The molecule has 1 N–H and O–H groups in total. The van der Waals surface area contributed by atoms with Crippen molar-refractivity contribution in [1.82, 2.24) is 9.97 Å². The van der Waals surface area contributed by atoms with E-state index < -0.39 is 0 Å². The summed E-state index contributed by atoms with van der Waals surface area (Å²) in [5.74, 6) is 0. The van der Waals surface area contributed by atoms with Gasteiger partial charge in [0, 0.05) is 17.8 Å². The third-order valence-corrected chi connectivity index (χ3v) is 1.60. The molecular weight excluding hydrogens is 154 g/mol. The molecule has 0 fully saturated rings. The van der Waals surface area contributed by atoms with Gasteiger partial charge >= 0.3 is 0 Å². The van der Waals surface area contributed by atoms with Crippen molar-refractivity contribution in [3.63, 3.8) is 0 Å². The Balaban J connectivity index is 2.78. The summed E-state index contributed by atoms with van der Waals surface area (Å²) in [7, 11) is 0. The van der Waals surface area contributed by atoms with Crippen LogP contribution in [0.4, 0.5) is 5.69 Å². The summed E-state index contributed by atoms with van der Waals surface area (Å²) in [6, 6.07) is 3.63. The number of hydrogen-bond donors (Lipinski definition) is 1. The van der Waals surface area contributed by atoms with E-state index in [9.17, 15) is 4.79 Å². The molecular formula is C8H5N3O. The lowest BCUT2D eigenvalue weighted by Gasteiger charge is -1.85. The smallest absolute Gasteiger partial charge is 0.240 e. The second-order valence-corrected chi connectivity index (χ2v) is 2.28. The predicted molar refractivity (Wildman–Crippen MR) is 43.9 cm³/mol. The number of hydrogen-bond acceptors (Lipinski definition) is 3. The molecule has 58 valence electrons. The van der Waals surface area contributed by atoms with Gasteiger partial charge < -0.3 is 4.98 Å². The van der Waals surface area contributed by atoms with Crippen LogP contribution in [0.3, 0.4) is 0 Å². The highest BCUT2D eigenvalue weighted by atomic mass is 16.1. The number of aliphatic imine (C=N–C) groups is 1. The molecule has 0 radical (unpaired) electrons. The number of carbonyl (C=O) groups excluding carboxylic acids is 1. The van der Waals surface area contributed by atoms with Gasteiger partial charge in [0.2, 0.25) is 6.08 Å². The van der Waals surface area contributed by atoms with Crippen molar-refractivity contribution in [2.45, 2.75) is 0 Å². The largest absolute Gasteiger partial charge is 0.344 e. The number of rotatable bonds is 1. The zero-order valence-corrected chi connectivity index (χ0v) is 6.11. The summed E-state index contributed by atoms with van der Waals surface area (Å²) < 4.78 is 0. The van der Waals surface area contributed by atoms with Gasteiger partial charge in [-0.1, -0.05) is 0 Å². The Bertz CT molecular complexity index is 454. The van der Waals surface area contributed by atoms with E-state index in [2.05, 4.69) is 15.0 Å². The van der Waals surface area contributed by atoms with Crippen molar-refractivity contribution in [2.75, 3.05) is 0 Å². The third-order valence-electron chi connectivity index (χ3n) is 1.60. The quantitative estimate of drug-likeness (QED) is 0.506. The van der Waals surface area contributed by atoms with E-state index in [1.807, 2.05) is 6.07 Å². The first-order valence-electron chi connectivity index (χ1n) is 3.42. The van der Waals surface area contributed by atoms with Crippen molar-refractivity contribution in [2.24, 2.45) is 4.99 Å². The standard InChI is InChI=1S/C8H5N3O/c12-5-11-7-4-10-8-6(7)2-1-3-9-8/h1-4H,(H,9,10). The van der Waals surface area contributed by atoms with E-state index in [0.29, 0.717) is 5.69 Å². The van der Waals surface area contributed by atoms with Crippen LogP contribution in [-0.4, -0.2) is 16.0 Å². The number of aromatic amines is 1. The summed E-state index contributed by atoms with van der Waals surface area (Å²) in [4.78, 5) is 20.4. The molecule has 0 aliphatic rings. The Morgan fingerprint density at radius 2 is 2.50 bits per heavy atom. The Hall–Kier alpha value is -1.93. The van der Waals surface area contributed by atoms with Crippen molar-refractivity contribution >= 4 is 22.8 Å².